The molecule has 0 unspecified atom stereocenters. The molecule has 1 aromatic carbocycles. The van der Waals surface area contributed by atoms with E-state index in [4.69, 9.17) is 29.8 Å². The molecule has 7 N–H and O–H groups in total. The van der Waals surface area contributed by atoms with Crippen molar-refractivity contribution in [3.05, 3.63) is 35.4 Å². The van der Waals surface area contributed by atoms with Gasteiger partial charge < -0.3 is 50.8 Å². The van der Waals surface area contributed by atoms with E-state index in [9.17, 15) is 43.5 Å². The van der Waals surface area contributed by atoms with Gasteiger partial charge in [-0.1, -0.05) is 94.7 Å². The van der Waals surface area contributed by atoms with Crippen LogP contribution in [-0.4, -0.2) is 129 Å². The van der Waals surface area contributed by atoms with Crippen LogP contribution < -0.4 is 21.7 Å². The number of amides is 4. The summed E-state index contributed by atoms with van der Waals surface area (Å²) in [7, 11) is 0. The van der Waals surface area contributed by atoms with Gasteiger partial charge in [-0.3, -0.25) is 33.6 Å². The van der Waals surface area contributed by atoms with E-state index in [1.165, 1.54) is 44.9 Å². The molecule has 0 radical (unpaired) electrons. The highest BCUT2D eigenvalue weighted by molar-refractivity contribution is 5.94. The molecule has 0 saturated carbocycles. The number of ether oxygens (including phenoxy) is 4. The van der Waals surface area contributed by atoms with Crippen molar-refractivity contribution in [1.82, 2.24) is 16.0 Å². The molecule has 0 aromatic heterocycles. The molecule has 0 aliphatic carbocycles. The van der Waals surface area contributed by atoms with Crippen LogP contribution >= 0.6 is 0 Å². The number of carbonyl (C=O) groups is 8. The fourth-order valence-corrected chi connectivity index (χ4v) is 7.25. The number of carboxylic acids is 2. The number of carboxylic acid groups (broad SMARTS) is 2. The van der Waals surface area contributed by atoms with Gasteiger partial charge in [0.25, 0.3) is 5.91 Å². The second-order valence-corrected chi connectivity index (χ2v) is 17.6. The van der Waals surface area contributed by atoms with Gasteiger partial charge in [0.1, 0.15) is 31.1 Å². The van der Waals surface area contributed by atoms with Crippen LogP contribution in [-0.2, 0) is 52.5 Å². The number of aryl methyl sites for hydroxylation is 1. The predicted octanol–water partition coefficient (Wildman–Crippen LogP) is 6.31. The zero-order valence-electron chi connectivity index (χ0n) is 41.4. The van der Waals surface area contributed by atoms with Crippen molar-refractivity contribution in [2.45, 2.75) is 180 Å². The van der Waals surface area contributed by atoms with Crippen molar-refractivity contribution in [3.8, 4) is 0 Å². The Morgan fingerprint density at radius 3 is 1.52 bits per heavy atom. The number of hydrogen-bond acceptors (Lipinski definition) is 12. The third-order valence-corrected chi connectivity index (χ3v) is 11.3. The molecular formula is C51H84N4O14. The Balaban J connectivity index is 1.95. The summed E-state index contributed by atoms with van der Waals surface area (Å²) in [6.45, 7) is 3.44. The maximum absolute atomic E-state index is 12.4. The predicted molar refractivity (Wildman–Crippen MR) is 261 cm³/mol. The van der Waals surface area contributed by atoms with Gasteiger partial charge in [0.05, 0.1) is 26.4 Å². The highest BCUT2D eigenvalue weighted by atomic mass is 16.5. The van der Waals surface area contributed by atoms with Crippen molar-refractivity contribution >= 4 is 47.1 Å². The van der Waals surface area contributed by atoms with Crippen molar-refractivity contribution < 1.29 is 67.5 Å². The average molecular weight is 977 g/mol. The first-order chi connectivity index (χ1) is 33.3. The first-order valence-electron chi connectivity index (χ1n) is 25.3. The molecule has 4 amide bonds. The van der Waals surface area contributed by atoms with Crippen LogP contribution in [0.1, 0.15) is 176 Å². The molecule has 0 spiro atoms. The van der Waals surface area contributed by atoms with Crippen LogP contribution in [0.3, 0.4) is 0 Å². The Bertz CT molecular complexity index is 1610. The number of primary amides is 1. The first kappa shape index (κ1) is 62.2. The summed E-state index contributed by atoms with van der Waals surface area (Å²) < 4.78 is 21.6. The van der Waals surface area contributed by atoms with Crippen molar-refractivity contribution in [2.24, 2.45) is 5.73 Å². The van der Waals surface area contributed by atoms with Gasteiger partial charge in [0, 0.05) is 57.4 Å². The third-order valence-electron chi connectivity index (χ3n) is 11.3. The van der Waals surface area contributed by atoms with Gasteiger partial charge in [-0.05, 0) is 70.4 Å². The first-order valence-corrected chi connectivity index (χ1v) is 25.3. The van der Waals surface area contributed by atoms with E-state index in [1.807, 2.05) is 19.1 Å². The Morgan fingerprint density at radius 1 is 0.493 bits per heavy atom. The van der Waals surface area contributed by atoms with E-state index in [0.717, 1.165) is 44.1 Å². The number of ketones is 2. The standard InChI is InChI=1S/C51H84N4O14/c1-40-25-27-41(28-26-40)50(63)53-31-17-16-22-44(49(52)62)54-47(59)39-69-37-35-67-33-19-21-43(57)38-68-36-34-66-32-18-20-42(56)29-30-45(51(64)65)55-46(58)23-14-12-10-8-6-4-2-3-5-7-9-11-13-15-24-48(60)61/h25-28,44-45H,2-24,29-39H2,1H3,(H2,52,62)(H,53,63)(H,54,59)(H,55,58)(H,60,61)(H,64,65)/t44-,45-/m0/s1. The molecule has 0 bridgehead atoms. The van der Waals surface area contributed by atoms with Crippen LogP contribution in [0, 0.1) is 6.92 Å². The van der Waals surface area contributed by atoms with E-state index in [2.05, 4.69) is 16.0 Å². The molecule has 0 aliphatic heterocycles. The highest BCUT2D eigenvalue weighted by Crippen LogP contribution is 2.14. The number of unbranched alkanes of at least 4 members (excludes halogenated alkanes) is 14. The normalized spacial score (nSPS) is 12.0. The van der Waals surface area contributed by atoms with Gasteiger partial charge in [-0.15, -0.1) is 0 Å². The van der Waals surface area contributed by atoms with Crippen molar-refractivity contribution in [3.63, 3.8) is 0 Å². The van der Waals surface area contributed by atoms with E-state index in [0.29, 0.717) is 63.8 Å². The fourth-order valence-electron chi connectivity index (χ4n) is 7.25. The Labute approximate surface area is 409 Å². The summed E-state index contributed by atoms with van der Waals surface area (Å²) in [5.41, 5.74) is 7.08. The van der Waals surface area contributed by atoms with E-state index in [-0.39, 0.29) is 102 Å². The average Bonchev–Trinajstić information content (AvgIpc) is 3.31. The summed E-state index contributed by atoms with van der Waals surface area (Å²) in [5, 5.41) is 26.2. The highest BCUT2D eigenvalue weighted by Gasteiger charge is 2.21. The number of nitrogens with one attached hydrogen (secondary N) is 3. The van der Waals surface area contributed by atoms with Gasteiger partial charge in [-0.25, -0.2) is 4.79 Å². The Hall–Kier alpha value is -4.78. The lowest BCUT2D eigenvalue weighted by Gasteiger charge is -2.15. The molecule has 0 saturated heterocycles. The topological polar surface area (TPSA) is 276 Å². The fraction of sp³-hybridized carbons (Fsp3) is 0.725. The van der Waals surface area contributed by atoms with Crippen molar-refractivity contribution in [1.29, 1.82) is 0 Å². The van der Waals surface area contributed by atoms with E-state index >= 15 is 0 Å². The third kappa shape index (κ3) is 37.8. The van der Waals surface area contributed by atoms with E-state index < -0.39 is 35.8 Å². The van der Waals surface area contributed by atoms with Crippen LogP contribution in [0.5, 0.6) is 0 Å². The molecule has 69 heavy (non-hydrogen) atoms. The number of Topliss-reactive ketones (excluding diaryl/α,β-unsaturated/α-hetero) is 2. The Morgan fingerprint density at radius 2 is 0.986 bits per heavy atom. The SMILES string of the molecule is Cc1ccc(C(=O)NCCCC[C@H](NC(=O)COCCOCCCC(=O)COCCOCCCC(=O)CC[C@H](NC(=O)CCCCCCCCCCCCCCCCC(=O)O)C(=O)O)C(N)=O)cc1. The molecule has 0 heterocycles. The monoisotopic (exact) mass is 977 g/mol. The summed E-state index contributed by atoms with van der Waals surface area (Å²) in [6.07, 6.45) is 18.6. The lowest BCUT2D eigenvalue weighted by molar-refractivity contribution is -0.142. The van der Waals surface area contributed by atoms with Gasteiger partial charge in [0.15, 0.2) is 5.78 Å². The smallest absolute Gasteiger partial charge is 0.326 e. The summed E-state index contributed by atoms with van der Waals surface area (Å²) in [6, 6.07) is 5.28. The van der Waals surface area contributed by atoms with Crippen LogP contribution in [0.15, 0.2) is 24.3 Å². The zero-order valence-corrected chi connectivity index (χ0v) is 41.4. The summed E-state index contributed by atoms with van der Waals surface area (Å²) >= 11 is 0. The summed E-state index contributed by atoms with van der Waals surface area (Å²) in [5.74, 6) is -3.71. The molecule has 392 valence electrons. The van der Waals surface area contributed by atoms with Crippen LogP contribution in [0.4, 0.5) is 0 Å². The molecule has 0 fully saturated rings. The number of benzene rings is 1. The number of aliphatic carboxylic acids is 2. The zero-order chi connectivity index (χ0) is 50.7. The van der Waals surface area contributed by atoms with E-state index in [1.54, 1.807) is 12.1 Å². The maximum atomic E-state index is 12.4. The van der Waals surface area contributed by atoms with Crippen LogP contribution in [0.2, 0.25) is 0 Å². The largest absolute Gasteiger partial charge is 0.481 e. The second-order valence-electron chi connectivity index (χ2n) is 17.6. The van der Waals surface area contributed by atoms with Gasteiger partial charge in [-0.2, -0.15) is 0 Å². The molecule has 1 rings (SSSR count). The Kier molecular flexibility index (Phi) is 38.0. The number of rotatable bonds is 48. The van der Waals surface area contributed by atoms with Crippen LogP contribution in [0.25, 0.3) is 0 Å². The number of hydrogen-bond donors (Lipinski definition) is 6. The number of nitrogens with two attached hydrogens (primary N) is 1. The lowest BCUT2D eigenvalue weighted by Crippen LogP contribution is -2.45. The maximum Gasteiger partial charge on any atom is 0.326 e. The minimum atomic E-state index is -1.16. The number of carbonyl (C=O) groups excluding carboxylic acids is 6. The van der Waals surface area contributed by atoms with Gasteiger partial charge in [0.2, 0.25) is 17.7 Å². The van der Waals surface area contributed by atoms with Gasteiger partial charge >= 0.3 is 11.9 Å². The quantitative estimate of drug-likeness (QED) is 0.0391. The molecule has 1 aromatic rings. The molecular weight excluding hydrogens is 893 g/mol. The molecule has 18 heteroatoms. The molecule has 18 nitrogen and oxygen atoms in total. The minimum absolute atomic E-state index is 0.0285. The van der Waals surface area contributed by atoms with Crippen molar-refractivity contribution in [2.75, 3.05) is 59.4 Å². The minimum Gasteiger partial charge on any atom is -0.481 e. The second kappa shape index (κ2) is 42.1. The summed E-state index contributed by atoms with van der Waals surface area (Å²) in [4.78, 5) is 95.4. The lowest BCUT2D eigenvalue weighted by atomic mass is 10.0. The molecule has 0 aliphatic rings. The molecule has 2 atom stereocenters.